The molecule has 1 aliphatic rings. The van der Waals surface area contributed by atoms with Gasteiger partial charge >= 0.3 is 0 Å². The minimum atomic E-state index is 0.322. The van der Waals surface area contributed by atoms with Gasteiger partial charge in [0.2, 0.25) is 6.79 Å². The average Bonchev–Trinajstić information content (AvgIpc) is 2.93. The van der Waals surface area contributed by atoms with Gasteiger partial charge in [-0.2, -0.15) is 0 Å². The zero-order valence-electron chi connectivity index (χ0n) is 10.7. The highest BCUT2D eigenvalue weighted by Crippen LogP contribution is 2.32. The third kappa shape index (κ3) is 2.79. The molecule has 0 aliphatic carbocycles. The molecular formula is C15H15NO2S. The first-order valence-electron chi connectivity index (χ1n) is 6.11. The topological polar surface area (TPSA) is 30.5 Å². The van der Waals surface area contributed by atoms with Crippen LogP contribution in [0, 0.1) is 0 Å². The van der Waals surface area contributed by atoms with Gasteiger partial charge in [0, 0.05) is 17.1 Å². The molecule has 1 N–H and O–H groups in total. The van der Waals surface area contributed by atoms with Crippen molar-refractivity contribution < 1.29 is 9.47 Å². The third-order valence-electron chi connectivity index (χ3n) is 3.02. The molecule has 4 heteroatoms. The molecule has 19 heavy (non-hydrogen) atoms. The van der Waals surface area contributed by atoms with Crippen LogP contribution in [0.25, 0.3) is 0 Å². The second kappa shape index (κ2) is 5.45. The van der Waals surface area contributed by atoms with Crippen molar-refractivity contribution in [2.45, 2.75) is 11.4 Å². The largest absolute Gasteiger partial charge is 0.454 e. The molecule has 1 heterocycles. The normalized spacial score (nSPS) is 12.5. The van der Waals surface area contributed by atoms with Gasteiger partial charge < -0.3 is 14.8 Å². The Labute approximate surface area is 116 Å². The van der Waals surface area contributed by atoms with Crippen LogP contribution in [0.5, 0.6) is 11.5 Å². The fourth-order valence-corrected chi connectivity index (χ4v) is 2.37. The van der Waals surface area contributed by atoms with E-state index in [-0.39, 0.29) is 0 Å². The van der Waals surface area contributed by atoms with E-state index in [0.717, 1.165) is 23.7 Å². The molecule has 0 radical (unpaired) electrons. The minimum absolute atomic E-state index is 0.322. The van der Waals surface area contributed by atoms with Gasteiger partial charge in [-0.25, -0.2) is 0 Å². The number of rotatable bonds is 4. The molecule has 0 bridgehead atoms. The molecule has 2 aromatic rings. The van der Waals surface area contributed by atoms with Crippen LogP contribution in [0.4, 0.5) is 5.69 Å². The van der Waals surface area contributed by atoms with E-state index in [1.807, 2.05) is 12.1 Å². The van der Waals surface area contributed by atoms with Crippen molar-refractivity contribution in [2.75, 3.05) is 18.4 Å². The highest BCUT2D eigenvalue weighted by Gasteiger charge is 2.12. The van der Waals surface area contributed by atoms with Gasteiger partial charge in [0.15, 0.2) is 11.5 Å². The monoisotopic (exact) mass is 273 g/mol. The molecule has 0 saturated heterocycles. The fraction of sp³-hybridized carbons (Fsp3) is 0.200. The summed E-state index contributed by atoms with van der Waals surface area (Å²) in [6.45, 7) is 1.09. The average molecular weight is 273 g/mol. The Hall–Kier alpha value is -1.81. The lowest BCUT2D eigenvalue weighted by Crippen LogP contribution is -1.99. The van der Waals surface area contributed by atoms with Gasteiger partial charge in [-0.3, -0.25) is 0 Å². The van der Waals surface area contributed by atoms with Crippen molar-refractivity contribution in [3.63, 3.8) is 0 Å². The summed E-state index contributed by atoms with van der Waals surface area (Å²) in [5.41, 5.74) is 2.30. The highest BCUT2D eigenvalue weighted by atomic mass is 32.2. The van der Waals surface area contributed by atoms with Crippen LogP contribution in [0.2, 0.25) is 0 Å². The lowest BCUT2D eigenvalue weighted by atomic mass is 10.2. The van der Waals surface area contributed by atoms with E-state index in [4.69, 9.17) is 9.47 Å². The molecule has 0 amide bonds. The van der Waals surface area contributed by atoms with E-state index in [2.05, 4.69) is 41.9 Å². The van der Waals surface area contributed by atoms with E-state index < -0.39 is 0 Å². The lowest BCUT2D eigenvalue weighted by Gasteiger charge is -2.07. The predicted molar refractivity (Wildman–Crippen MR) is 78.1 cm³/mol. The molecule has 98 valence electrons. The molecule has 1 aliphatic heterocycles. The second-order valence-corrected chi connectivity index (χ2v) is 5.15. The molecule has 0 fully saturated rings. The van der Waals surface area contributed by atoms with Crippen LogP contribution in [-0.4, -0.2) is 13.0 Å². The highest BCUT2D eigenvalue weighted by molar-refractivity contribution is 7.98. The standard InChI is InChI=1S/C15H15NO2S/c1-19-13-5-3-12(4-6-13)16-9-11-2-7-14-15(8-11)18-10-17-14/h2-8,16H,9-10H2,1H3. The minimum Gasteiger partial charge on any atom is -0.454 e. The Bertz CT molecular complexity index is 569. The Morgan fingerprint density at radius 2 is 1.84 bits per heavy atom. The van der Waals surface area contributed by atoms with Gasteiger partial charge in [0.05, 0.1) is 0 Å². The summed E-state index contributed by atoms with van der Waals surface area (Å²) in [6.07, 6.45) is 2.08. The van der Waals surface area contributed by atoms with Crippen molar-refractivity contribution >= 4 is 17.4 Å². The van der Waals surface area contributed by atoms with Crippen molar-refractivity contribution in [3.8, 4) is 11.5 Å². The van der Waals surface area contributed by atoms with Crippen LogP contribution in [-0.2, 0) is 6.54 Å². The van der Waals surface area contributed by atoms with Crippen LogP contribution in [0.3, 0.4) is 0 Å². The first-order chi connectivity index (χ1) is 9.35. The quantitative estimate of drug-likeness (QED) is 0.859. The molecular weight excluding hydrogens is 258 g/mol. The number of thioether (sulfide) groups is 1. The number of ether oxygens (including phenoxy) is 2. The number of hydrogen-bond donors (Lipinski definition) is 1. The predicted octanol–water partition coefficient (Wildman–Crippen LogP) is 3.75. The number of anilines is 1. The van der Waals surface area contributed by atoms with E-state index in [1.54, 1.807) is 11.8 Å². The molecule has 0 atom stereocenters. The number of hydrogen-bond acceptors (Lipinski definition) is 4. The van der Waals surface area contributed by atoms with E-state index in [0.29, 0.717) is 6.79 Å². The van der Waals surface area contributed by atoms with Crippen molar-refractivity contribution in [3.05, 3.63) is 48.0 Å². The maximum atomic E-state index is 5.37. The first kappa shape index (κ1) is 12.2. The van der Waals surface area contributed by atoms with Gasteiger partial charge in [0.25, 0.3) is 0 Å². The summed E-state index contributed by atoms with van der Waals surface area (Å²) in [4.78, 5) is 1.27. The zero-order valence-corrected chi connectivity index (χ0v) is 11.5. The Morgan fingerprint density at radius 3 is 2.63 bits per heavy atom. The fourth-order valence-electron chi connectivity index (χ4n) is 1.96. The molecule has 0 saturated carbocycles. The summed E-state index contributed by atoms with van der Waals surface area (Å²) in [5, 5.41) is 3.40. The summed E-state index contributed by atoms with van der Waals surface area (Å²) in [7, 11) is 0. The van der Waals surface area contributed by atoms with Crippen LogP contribution >= 0.6 is 11.8 Å². The maximum Gasteiger partial charge on any atom is 0.231 e. The molecule has 2 aromatic carbocycles. The van der Waals surface area contributed by atoms with E-state index >= 15 is 0 Å². The summed E-state index contributed by atoms with van der Waals surface area (Å²) >= 11 is 1.75. The van der Waals surface area contributed by atoms with Crippen molar-refractivity contribution in [2.24, 2.45) is 0 Å². The summed E-state index contributed by atoms with van der Waals surface area (Å²) in [5.74, 6) is 1.66. The number of nitrogens with one attached hydrogen (secondary N) is 1. The molecule has 3 rings (SSSR count). The Kier molecular flexibility index (Phi) is 3.51. The second-order valence-electron chi connectivity index (χ2n) is 4.27. The molecule has 3 nitrogen and oxygen atoms in total. The first-order valence-corrected chi connectivity index (χ1v) is 7.34. The van der Waals surface area contributed by atoms with Crippen molar-refractivity contribution in [1.82, 2.24) is 0 Å². The maximum absolute atomic E-state index is 5.37. The van der Waals surface area contributed by atoms with Crippen LogP contribution in [0.15, 0.2) is 47.4 Å². The van der Waals surface area contributed by atoms with E-state index in [9.17, 15) is 0 Å². The number of benzene rings is 2. The smallest absolute Gasteiger partial charge is 0.231 e. The summed E-state index contributed by atoms with van der Waals surface area (Å²) < 4.78 is 10.7. The van der Waals surface area contributed by atoms with Gasteiger partial charge in [-0.15, -0.1) is 11.8 Å². The lowest BCUT2D eigenvalue weighted by molar-refractivity contribution is 0.174. The zero-order chi connectivity index (χ0) is 13.1. The summed E-state index contributed by atoms with van der Waals surface area (Å²) in [6, 6.07) is 14.5. The van der Waals surface area contributed by atoms with E-state index in [1.165, 1.54) is 10.5 Å². The van der Waals surface area contributed by atoms with Crippen molar-refractivity contribution in [1.29, 1.82) is 0 Å². The Morgan fingerprint density at radius 1 is 1.05 bits per heavy atom. The van der Waals surface area contributed by atoms with Gasteiger partial charge in [-0.1, -0.05) is 6.07 Å². The van der Waals surface area contributed by atoms with Crippen LogP contribution in [0.1, 0.15) is 5.56 Å². The molecule has 0 spiro atoms. The molecule has 0 unspecified atom stereocenters. The third-order valence-corrected chi connectivity index (χ3v) is 3.77. The number of fused-ring (bicyclic) bond motifs is 1. The van der Waals surface area contributed by atoms with Crippen LogP contribution < -0.4 is 14.8 Å². The van der Waals surface area contributed by atoms with Gasteiger partial charge in [-0.05, 0) is 48.2 Å². The SMILES string of the molecule is CSc1ccc(NCc2ccc3c(c2)OCO3)cc1. The van der Waals surface area contributed by atoms with Gasteiger partial charge in [0.1, 0.15) is 0 Å². The molecule has 0 aromatic heterocycles. The Balaban J connectivity index is 1.65.